The summed E-state index contributed by atoms with van der Waals surface area (Å²) in [7, 11) is -4.17. The molecule has 4 nitrogen and oxygen atoms in total. The van der Waals surface area contributed by atoms with Crippen LogP contribution in [0.25, 0.3) is 0 Å². The van der Waals surface area contributed by atoms with Crippen molar-refractivity contribution < 1.29 is 22.3 Å². The summed E-state index contributed by atoms with van der Waals surface area (Å²) in [4.78, 5) is 3.95. The largest absolute Gasteiger partial charge is 0.392 e. The number of rotatable bonds is 5. The van der Waals surface area contributed by atoms with Crippen LogP contribution in [-0.4, -0.2) is 18.5 Å². The maximum absolute atomic E-state index is 14.4. The molecule has 3 rings (SSSR count). The standard InChI is InChI=1S/C19H14ClF2NO3S/c20-13-2-5-15(6-3-13)27(25,26)19(16-9-14(21)4-7-17(16)22)18-8-1-12(11-24)10-23-18/h1-10,19,24H,11H2. The van der Waals surface area contributed by atoms with E-state index in [-0.39, 0.29) is 22.8 Å². The van der Waals surface area contributed by atoms with Crippen LogP contribution in [0, 0.1) is 11.6 Å². The van der Waals surface area contributed by atoms with Crippen LogP contribution in [0.2, 0.25) is 5.02 Å². The van der Waals surface area contributed by atoms with E-state index < -0.39 is 26.7 Å². The normalized spacial score (nSPS) is 12.7. The van der Waals surface area contributed by atoms with Crippen molar-refractivity contribution in [2.24, 2.45) is 0 Å². The smallest absolute Gasteiger partial charge is 0.191 e. The van der Waals surface area contributed by atoms with E-state index in [1.54, 1.807) is 0 Å². The van der Waals surface area contributed by atoms with Gasteiger partial charge in [0.25, 0.3) is 0 Å². The van der Waals surface area contributed by atoms with Gasteiger partial charge in [-0.25, -0.2) is 17.2 Å². The number of sulfone groups is 1. The molecule has 3 aromatic rings. The molecule has 0 aliphatic rings. The van der Waals surface area contributed by atoms with E-state index in [9.17, 15) is 17.2 Å². The molecule has 1 N–H and O–H groups in total. The molecule has 0 radical (unpaired) electrons. The zero-order valence-electron chi connectivity index (χ0n) is 13.8. The third kappa shape index (κ3) is 4.00. The molecule has 0 aliphatic carbocycles. The average molecular weight is 410 g/mol. The maximum atomic E-state index is 14.4. The zero-order valence-corrected chi connectivity index (χ0v) is 15.4. The molecular weight excluding hydrogens is 396 g/mol. The second kappa shape index (κ2) is 7.72. The molecule has 0 saturated carbocycles. The summed E-state index contributed by atoms with van der Waals surface area (Å²) in [5.41, 5.74) is 0.113. The Hall–Kier alpha value is -2.35. The van der Waals surface area contributed by atoms with Crippen molar-refractivity contribution in [2.45, 2.75) is 16.8 Å². The van der Waals surface area contributed by atoms with Crippen molar-refractivity contribution in [3.63, 3.8) is 0 Å². The van der Waals surface area contributed by atoms with Crippen molar-refractivity contribution in [3.8, 4) is 0 Å². The highest BCUT2D eigenvalue weighted by molar-refractivity contribution is 7.91. The van der Waals surface area contributed by atoms with Crippen LogP contribution < -0.4 is 0 Å². The minimum absolute atomic E-state index is 0.00616. The lowest BCUT2D eigenvalue weighted by molar-refractivity contribution is 0.281. The first kappa shape index (κ1) is 19.4. The van der Waals surface area contributed by atoms with E-state index >= 15 is 0 Å². The van der Waals surface area contributed by atoms with Gasteiger partial charge in [0, 0.05) is 16.8 Å². The topological polar surface area (TPSA) is 67.3 Å². The molecule has 1 heterocycles. The SMILES string of the molecule is O=S(=O)(c1ccc(Cl)cc1)C(c1ccc(CO)cn1)c1cc(F)ccc1F. The molecule has 0 amide bonds. The molecular formula is C19H14ClF2NO3S. The number of hydrogen-bond donors (Lipinski definition) is 1. The number of aliphatic hydroxyl groups is 1. The molecule has 0 spiro atoms. The number of benzene rings is 2. The summed E-state index contributed by atoms with van der Waals surface area (Å²) in [5.74, 6) is -1.64. The number of pyridine rings is 1. The second-order valence-corrected chi connectivity index (χ2v) is 8.26. The summed E-state index contributed by atoms with van der Waals surface area (Å²) < 4.78 is 54.7. The van der Waals surface area contributed by atoms with E-state index in [0.717, 1.165) is 18.2 Å². The summed E-state index contributed by atoms with van der Waals surface area (Å²) in [5, 5.41) is 7.92. The van der Waals surface area contributed by atoms with Crippen LogP contribution in [-0.2, 0) is 16.4 Å². The molecule has 0 saturated heterocycles. The van der Waals surface area contributed by atoms with Gasteiger partial charge in [0.15, 0.2) is 9.84 Å². The molecule has 1 unspecified atom stereocenters. The fraction of sp³-hybridized carbons (Fsp3) is 0.105. The van der Waals surface area contributed by atoms with E-state index in [2.05, 4.69) is 4.98 Å². The third-order valence-corrected chi connectivity index (χ3v) is 6.29. The number of aliphatic hydroxyl groups excluding tert-OH is 1. The highest BCUT2D eigenvalue weighted by atomic mass is 35.5. The number of hydrogen-bond acceptors (Lipinski definition) is 4. The van der Waals surface area contributed by atoms with Gasteiger partial charge in [0.1, 0.15) is 16.9 Å². The Labute approximate surface area is 160 Å². The van der Waals surface area contributed by atoms with E-state index in [4.69, 9.17) is 16.7 Å². The lowest BCUT2D eigenvalue weighted by Crippen LogP contribution is -2.18. The molecule has 0 fully saturated rings. The molecule has 1 atom stereocenters. The van der Waals surface area contributed by atoms with Crippen molar-refractivity contribution in [1.82, 2.24) is 4.98 Å². The molecule has 140 valence electrons. The minimum Gasteiger partial charge on any atom is -0.392 e. The van der Waals surface area contributed by atoms with Gasteiger partial charge >= 0.3 is 0 Å². The Morgan fingerprint density at radius 3 is 2.33 bits per heavy atom. The first-order chi connectivity index (χ1) is 12.8. The van der Waals surface area contributed by atoms with Gasteiger partial charge in [-0.05, 0) is 54.1 Å². The van der Waals surface area contributed by atoms with Crippen molar-refractivity contribution in [3.05, 3.63) is 94.3 Å². The third-order valence-electron chi connectivity index (χ3n) is 3.99. The van der Waals surface area contributed by atoms with Gasteiger partial charge in [-0.15, -0.1) is 0 Å². The fourth-order valence-corrected chi connectivity index (χ4v) is 4.53. The van der Waals surface area contributed by atoms with Crippen LogP contribution in [0.3, 0.4) is 0 Å². The Bertz CT molecular complexity index is 1060. The van der Waals surface area contributed by atoms with Gasteiger partial charge < -0.3 is 5.11 Å². The first-order valence-electron chi connectivity index (χ1n) is 7.83. The van der Waals surface area contributed by atoms with Gasteiger partial charge in [0.2, 0.25) is 0 Å². The van der Waals surface area contributed by atoms with Crippen LogP contribution in [0.15, 0.2) is 65.7 Å². The Morgan fingerprint density at radius 1 is 1.04 bits per heavy atom. The maximum Gasteiger partial charge on any atom is 0.191 e. The van der Waals surface area contributed by atoms with Crippen LogP contribution in [0.4, 0.5) is 8.78 Å². The summed E-state index contributed by atoms with van der Waals surface area (Å²) >= 11 is 5.81. The van der Waals surface area contributed by atoms with Gasteiger partial charge in [-0.2, -0.15) is 0 Å². The van der Waals surface area contributed by atoms with Crippen LogP contribution in [0.1, 0.15) is 22.1 Å². The number of aromatic nitrogens is 1. The predicted molar refractivity (Wildman–Crippen MR) is 97.0 cm³/mol. The van der Waals surface area contributed by atoms with Gasteiger partial charge in [0.05, 0.1) is 17.2 Å². The second-order valence-electron chi connectivity index (χ2n) is 5.79. The average Bonchev–Trinajstić information content (AvgIpc) is 2.65. The number of nitrogens with zero attached hydrogens (tertiary/aromatic N) is 1. The Balaban J connectivity index is 2.23. The lowest BCUT2D eigenvalue weighted by atomic mass is 10.1. The summed E-state index contributed by atoms with van der Waals surface area (Å²) in [6.07, 6.45) is 1.29. The molecule has 27 heavy (non-hydrogen) atoms. The van der Waals surface area contributed by atoms with Crippen molar-refractivity contribution in [1.29, 1.82) is 0 Å². The minimum atomic E-state index is -4.17. The highest BCUT2D eigenvalue weighted by Gasteiger charge is 2.34. The summed E-state index contributed by atoms with van der Waals surface area (Å²) in [6, 6.07) is 10.9. The molecule has 0 bridgehead atoms. The Morgan fingerprint density at radius 2 is 1.74 bits per heavy atom. The Kier molecular flexibility index (Phi) is 5.55. The quantitative estimate of drug-likeness (QED) is 0.689. The first-order valence-corrected chi connectivity index (χ1v) is 9.75. The van der Waals surface area contributed by atoms with E-state index in [0.29, 0.717) is 10.6 Å². The lowest BCUT2D eigenvalue weighted by Gasteiger charge is -2.19. The van der Waals surface area contributed by atoms with Crippen LogP contribution in [0.5, 0.6) is 0 Å². The highest BCUT2D eigenvalue weighted by Crippen LogP contribution is 2.36. The summed E-state index contributed by atoms with van der Waals surface area (Å²) in [6.45, 7) is -0.282. The van der Waals surface area contributed by atoms with Gasteiger partial charge in [-0.3, -0.25) is 4.98 Å². The van der Waals surface area contributed by atoms with E-state index in [1.807, 2.05) is 0 Å². The molecule has 2 aromatic carbocycles. The molecule has 0 aliphatic heterocycles. The molecule has 8 heteroatoms. The zero-order chi connectivity index (χ0) is 19.6. The van der Waals surface area contributed by atoms with Gasteiger partial charge in [-0.1, -0.05) is 17.7 Å². The van der Waals surface area contributed by atoms with E-state index in [1.165, 1.54) is 42.6 Å². The van der Waals surface area contributed by atoms with Crippen molar-refractivity contribution >= 4 is 21.4 Å². The van der Waals surface area contributed by atoms with Crippen LogP contribution >= 0.6 is 11.6 Å². The fourth-order valence-electron chi connectivity index (χ4n) is 2.65. The van der Waals surface area contributed by atoms with Crippen molar-refractivity contribution in [2.75, 3.05) is 0 Å². The monoisotopic (exact) mass is 409 g/mol. The molecule has 1 aromatic heterocycles. The number of halogens is 3. The predicted octanol–water partition coefficient (Wildman–Crippen LogP) is 4.07.